The van der Waals surface area contributed by atoms with E-state index in [0.29, 0.717) is 5.78 Å². The zero-order valence-electron chi connectivity index (χ0n) is 10.3. The van der Waals surface area contributed by atoms with E-state index in [4.69, 9.17) is 0 Å². The van der Waals surface area contributed by atoms with Gasteiger partial charge in [-0.15, -0.1) is 0 Å². The van der Waals surface area contributed by atoms with Crippen molar-refractivity contribution in [2.45, 2.75) is 51.9 Å². The van der Waals surface area contributed by atoms with Crippen molar-refractivity contribution in [3.05, 3.63) is 24.3 Å². The molecule has 0 amide bonds. The molecule has 2 rings (SSSR count). The quantitative estimate of drug-likeness (QED) is 0.505. The fourth-order valence-corrected chi connectivity index (χ4v) is 3.77. The van der Waals surface area contributed by atoms with Crippen LogP contribution in [0.2, 0.25) is 0 Å². The van der Waals surface area contributed by atoms with Crippen LogP contribution in [0.25, 0.3) is 0 Å². The molecule has 88 valence electrons. The Morgan fingerprint density at radius 1 is 1.31 bits per heavy atom. The van der Waals surface area contributed by atoms with Crippen molar-refractivity contribution < 1.29 is 4.79 Å². The minimum atomic E-state index is 0.125. The summed E-state index contributed by atoms with van der Waals surface area (Å²) in [7, 11) is 0. The van der Waals surface area contributed by atoms with Crippen molar-refractivity contribution in [3.8, 4) is 0 Å². The molecular formula is C15H22O. The lowest BCUT2D eigenvalue weighted by Crippen LogP contribution is -2.37. The molecule has 0 N–H and O–H groups in total. The van der Waals surface area contributed by atoms with Gasteiger partial charge in [-0.2, -0.15) is 0 Å². The summed E-state index contributed by atoms with van der Waals surface area (Å²) in [4.78, 5) is 12.2. The van der Waals surface area contributed by atoms with E-state index in [1.165, 1.54) is 44.1 Å². The third kappa shape index (κ3) is 1.88. The molecule has 0 aliphatic heterocycles. The van der Waals surface area contributed by atoms with Crippen LogP contribution in [0.1, 0.15) is 51.9 Å². The molecule has 1 spiro atoms. The van der Waals surface area contributed by atoms with Gasteiger partial charge in [0.1, 0.15) is 0 Å². The molecule has 1 heteroatoms. The highest BCUT2D eigenvalue weighted by Crippen LogP contribution is 2.54. The number of hydrogen-bond donors (Lipinski definition) is 0. The highest BCUT2D eigenvalue weighted by atomic mass is 16.1. The fourth-order valence-electron chi connectivity index (χ4n) is 3.77. The van der Waals surface area contributed by atoms with Crippen LogP contribution in [-0.2, 0) is 4.79 Å². The molecule has 0 saturated heterocycles. The Hall–Kier alpha value is -0.850. The minimum absolute atomic E-state index is 0.125. The molecule has 0 heterocycles. The van der Waals surface area contributed by atoms with Crippen LogP contribution >= 0.6 is 0 Å². The van der Waals surface area contributed by atoms with Crippen LogP contribution < -0.4 is 0 Å². The summed E-state index contributed by atoms with van der Waals surface area (Å²) in [5.41, 5.74) is 1.47. The van der Waals surface area contributed by atoms with Crippen molar-refractivity contribution >= 4 is 5.78 Å². The zero-order chi connectivity index (χ0) is 11.6. The first-order valence-corrected chi connectivity index (χ1v) is 6.54. The predicted molar refractivity (Wildman–Crippen MR) is 67.2 cm³/mol. The van der Waals surface area contributed by atoms with Gasteiger partial charge in [-0.3, -0.25) is 4.79 Å². The normalized spacial score (nSPS) is 29.1. The Morgan fingerprint density at radius 3 is 2.56 bits per heavy atom. The van der Waals surface area contributed by atoms with E-state index in [1.807, 2.05) is 13.0 Å². The van der Waals surface area contributed by atoms with E-state index >= 15 is 0 Å². The molecule has 16 heavy (non-hydrogen) atoms. The van der Waals surface area contributed by atoms with E-state index in [1.54, 1.807) is 6.08 Å². The largest absolute Gasteiger partial charge is 0.294 e. The van der Waals surface area contributed by atoms with Crippen LogP contribution in [0.4, 0.5) is 0 Å². The lowest BCUT2D eigenvalue weighted by Gasteiger charge is -2.41. The highest BCUT2D eigenvalue weighted by molar-refractivity contribution is 5.94. The molecule has 2 aliphatic rings. The smallest absolute Gasteiger partial charge is 0.163 e. The first-order valence-electron chi connectivity index (χ1n) is 6.54. The SMILES string of the molecule is C=C1CCCC2(CCCC2)C1C(=O)/C=C/C. The van der Waals surface area contributed by atoms with Gasteiger partial charge in [0.2, 0.25) is 0 Å². The van der Waals surface area contributed by atoms with Crippen molar-refractivity contribution in [1.29, 1.82) is 0 Å². The molecule has 0 radical (unpaired) electrons. The van der Waals surface area contributed by atoms with E-state index in [2.05, 4.69) is 6.58 Å². The molecule has 1 unspecified atom stereocenters. The summed E-state index contributed by atoms with van der Waals surface area (Å²) < 4.78 is 0. The molecule has 2 aliphatic carbocycles. The van der Waals surface area contributed by atoms with Gasteiger partial charge >= 0.3 is 0 Å². The van der Waals surface area contributed by atoms with Crippen LogP contribution in [-0.4, -0.2) is 5.78 Å². The molecular weight excluding hydrogens is 196 g/mol. The molecule has 1 nitrogen and oxygen atoms in total. The maximum atomic E-state index is 12.2. The molecule has 0 aromatic carbocycles. The molecule has 0 aromatic rings. The van der Waals surface area contributed by atoms with Gasteiger partial charge in [0, 0.05) is 5.92 Å². The van der Waals surface area contributed by atoms with Gasteiger partial charge in [0.15, 0.2) is 5.78 Å². The van der Waals surface area contributed by atoms with Crippen molar-refractivity contribution in [1.82, 2.24) is 0 Å². The Bertz CT molecular complexity index is 318. The third-order valence-electron chi connectivity index (χ3n) is 4.41. The van der Waals surface area contributed by atoms with E-state index in [9.17, 15) is 4.79 Å². The Morgan fingerprint density at radius 2 is 1.94 bits per heavy atom. The van der Waals surface area contributed by atoms with Crippen LogP contribution in [0.5, 0.6) is 0 Å². The molecule has 0 bridgehead atoms. The third-order valence-corrected chi connectivity index (χ3v) is 4.41. The second-order valence-electron chi connectivity index (χ2n) is 5.42. The lowest BCUT2D eigenvalue weighted by atomic mass is 9.62. The number of allylic oxidation sites excluding steroid dienone is 3. The van der Waals surface area contributed by atoms with Gasteiger partial charge in [0.25, 0.3) is 0 Å². The first kappa shape index (κ1) is 11.6. The van der Waals surface area contributed by atoms with Crippen molar-refractivity contribution in [2.24, 2.45) is 11.3 Å². The zero-order valence-corrected chi connectivity index (χ0v) is 10.3. The summed E-state index contributed by atoms with van der Waals surface area (Å²) >= 11 is 0. The summed E-state index contributed by atoms with van der Waals surface area (Å²) in [6.07, 6.45) is 12.2. The van der Waals surface area contributed by atoms with E-state index in [0.717, 1.165) is 6.42 Å². The summed E-state index contributed by atoms with van der Waals surface area (Å²) in [5, 5.41) is 0. The summed E-state index contributed by atoms with van der Waals surface area (Å²) in [6, 6.07) is 0. The Labute approximate surface area is 98.6 Å². The van der Waals surface area contributed by atoms with Crippen molar-refractivity contribution in [2.75, 3.05) is 0 Å². The second-order valence-corrected chi connectivity index (χ2v) is 5.42. The van der Waals surface area contributed by atoms with E-state index in [-0.39, 0.29) is 11.3 Å². The van der Waals surface area contributed by atoms with Gasteiger partial charge < -0.3 is 0 Å². The number of rotatable bonds is 2. The van der Waals surface area contributed by atoms with Gasteiger partial charge in [-0.1, -0.05) is 31.1 Å². The van der Waals surface area contributed by atoms with E-state index < -0.39 is 0 Å². The number of ketones is 1. The minimum Gasteiger partial charge on any atom is -0.294 e. The second kappa shape index (κ2) is 4.57. The van der Waals surface area contributed by atoms with Crippen molar-refractivity contribution in [3.63, 3.8) is 0 Å². The van der Waals surface area contributed by atoms with Crippen LogP contribution in [0, 0.1) is 11.3 Å². The summed E-state index contributed by atoms with van der Waals surface area (Å²) in [5.74, 6) is 0.425. The van der Waals surface area contributed by atoms with Gasteiger partial charge in [-0.25, -0.2) is 0 Å². The number of hydrogen-bond acceptors (Lipinski definition) is 1. The number of carbonyl (C=O) groups is 1. The highest BCUT2D eigenvalue weighted by Gasteiger charge is 2.46. The van der Waals surface area contributed by atoms with Crippen LogP contribution in [0.15, 0.2) is 24.3 Å². The van der Waals surface area contributed by atoms with Crippen LogP contribution in [0.3, 0.4) is 0 Å². The topological polar surface area (TPSA) is 17.1 Å². The average molecular weight is 218 g/mol. The Balaban J connectivity index is 2.27. The Kier molecular flexibility index (Phi) is 3.32. The maximum absolute atomic E-state index is 12.2. The van der Waals surface area contributed by atoms with Gasteiger partial charge in [-0.05, 0) is 50.5 Å². The average Bonchev–Trinajstić information content (AvgIpc) is 2.67. The van der Waals surface area contributed by atoms with Gasteiger partial charge in [0.05, 0.1) is 0 Å². The predicted octanol–water partition coefficient (Wildman–Crippen LogP) is 4.05. The lowest BCUT2D eigenvalue weighted by molar-refractivity contribution is -0.121. The standard InChI is InChI=1S/C15H22O/c1-3-7-13(16)14-12(2)8-6-11-15(14)9-4-5-10-15/h3,7,14H,2,4-6,8-11H2,1H3/b7-3+. The summed E-state index contributed by atoms with van der Waals surface area (Å²) in [6.45, 7) is 6.08. The maximum Gasteiger partial charge on any atom is 0.163 e. The molecule has 1 atom stereocenters. The molecule has 2 fully saturated rings. The monoisotopic (exact) mass is 218 g/mol. The first-order chi connectivity index (χ1) is 7.69. The number of carbonyl (C=O) groups excluding carboxylic acids is 1. The fraction of sp³-hybridized carbons (Fsp3) is 0.667. The molecule has 0 aromatic heterocycles. The molecule has 2 saturated carbocycles.